The van der Waals surface area contributed by atoms with E-state index in [0.717, 1.165) is 12.8 Å². The number of hydrogen-bond acceptors (Lipinski definition) is 4. The molecule has 1 aromatic heterocycles. The number of ether oxygens (including phenoxy) is 2. The van der Waals surface area contributed by atoms with E-state index in [9.17, 15) is 4.79 Å². The molecule has 0 bridgehead atoms. The van der Waals surface area contributed by atoms with Crippen LogP contribution in [0.2, 0.25) is 0 Å². The van der Waals surface area contributed by atoms with Crippen LogP contribution in [-0.2, 0) is 0 Å². The Kier molecular flexibility index (Phi) is 7.94. The number of thiophene rings is 1. The molecule has 1 aromatic carbocycles. The monoisotopic (exact) mass is 377 g/mol. The van der Waals surface area contributed by atoms with Crippen LogP contribution in [0.25, 0.3) is 0 Å². The van der Waals surface area contributed by atoms with Crippen LogP contribution in [0.1, 0.15) is 41.0 Å². The molecule has 0 aliphatic carbocycles. The summed E-state index contributed by atoms with van der Waals surface area (Å²) >= 11 is 1.72. The van der Waals surface area contributed by atoms with Crippen molar-refractivity contribution in [2.75, 3.05) is 34.4 Å². The summed E-state index contributed by atoms with van der Waals surface area (Å²) in [6, 6.07) is 9.70. The van der Waals surface area contributed by atoms with E-state index in [1.165, 1.54) is 9.78 Å². The van der Waals surface area contributed by atoms with E-state index in [4.69, 9.17) is 9.47 Å². The average Bonchev–Trinajstić information content (AvgIpc) is 3.16. The van der Waals surface area contributed by atoms with Gasteiger partial charge in [0.05, 0.1) is 39.2 Å². The number of amides is 1. The molecule has 1 atom stereocenters. The molecule has 5 nitrogen and oxygen atoms in total. The Balaban J connectivity index is 2.02. The molecular formula is C20H29N2O3S+. The van der Waals surface area contributed by atoms with Crippen molar-refractivity contribution in [3.63, 3.8) is 0 Å². The van der Waals surface area contributed by atoms with Crippen molar-refractivity contribution in [1.82, 2.24) is 5.32 Å². The summed E-state index contributed by atoms with van der Waals surface area (Å²) in [7, 11) is 5.79. The highest BCUT2D eigenvalue weighted by Crippen LogP contribution is 2.28. The first-order chi connectivity index (χ1) is 12.6. The van der Waals surface area contributed by atoms with Gasteiger partial charge >= 0.3 is 0 Å². The van der Waals surface area contributed by atoms with Gasteiger partial charge < -0.3 is 19.7 Å². The smallest absolute Gasteiger partial charge is 0.251 e. The molecule has 26 heavy (non-hydrogen) atoms. The molecule has 0 aliphatic rings. The van der Waals surface area contributed by atoms with Gasteiger partial charge in [-0.2, -0.15) is 0 Å². The van der Waals surface area contributed by atoms with E-state index in [0.29, 0.717) is 30.2 Å². The third-order valence-corrected chi connectivity index (χ3v) is 5.22. The van der Waals surface area contributed by atoms with Gasteiger partial charge in [0.25, 0.3) is 5.91 Å². The Hall–Kier alpha value is -2.05. The second-order valence-electron chi connectivity index (χ2n) is 6.42. The lowest BCUT2D eigenvalue weighted by atomic mass is 10.1. The number of benzene rings is 1. The van der Waals surface area contributed by atoms with E-state index in [2.05, 4.69) is 37.8 Å². The number of methoxy groups -OCH3 is 1. The van der Waals surface area contributed by atoms with E-state index in [-0.39, 0.29) is 11.9 Å². The highest BCUT2D eigenvalue weighted by molar-refractivity contribution is 7.10. The van der Waals surface area contributed by atoms with Crippen LogP contribution in [0, 0.1) is 0 Å². The molecule has 1 heterocycles. The summed E-state index contributed by atoms with van der Waals surface area (Å²) in [5, 5.41) is 5.11. The molecule has 2 N–H and O–H groups in total. The van der Waals surface area contributed by atoms with E-state index in [1.807, 2.05) is 6.07 Å². The number of quaternary nitrogens is 1. The molecule has 6 heteroatoms. The topological polar surface area (TPSA) is 52.0 Å². The predicted molar refractivity (Wildman–Crippen MR) is 106 cm³/mol. The second-order valence-corrected chi connectivity index (χ2v) is 7.40. The predicted octanol–water partition coefficient (Wildman–Crippen LogP) is 2.55. The van der Waals surface area contributed by atoms with Crippen LogP contribution in [-0.4, -0.2) is 40.3 Å². The molecular weight excluding hydrogens is 348 g/mol. The maximum absolute atomic E-state index is 12.6. The highest BCUT2D eigenvalue weighted by Gasteiger charge is 2.20. The maximum atomic E-state index is 12.6. The van der Waals surface area contributed by atoms with Crippen molar-refractivity contribution < 1.29 is 19.2 Å². The minimum absolute atomic E-state index is 0.105. The van der Waals surface area contributed by atoms with E-state index >= 15 is 0 Å². The number of unbranched alkanes of at least 4 members (excludes halogenated alkanes) is 1. The summed E-state index contributed by atoms with van der Waals surface area (Å²) in [6.07, 6.45) is 2.06. The quantitative estimate of drug-likeness (QED) is 0.626. The van der Waals surface area contributed by atoms with Crippen LogP contribution >= 0.6 is 11.3 Å². The van der Waals surface area contributed by atoms with Gasteiger partial charge in [0.15, 0.2) is 11.5 Å². The summed E-state index contributed by atoms with van der Waals surface area (Å²) < 4.78 is 11.1. The fraction of sp³-hybridized carbons (Fsp3) is 0.450. The second kappa shape index (κ2) is 10.2. The van der Waals surface area contributed by atoms with Gasteiger partial charge in [0, 0.05) is 5.56 Å². The molecule has 2 rings (SSSR count). The fourth-order valence-electron chi connectivity index (χ4n) is 2.63. The Morgan fingerprint density at radius 1 is 1.27 bits per heavy atom. The van der Waals surface area contributed by atoms with E-state index < -0.39 is 0 Å². The van der Waals surface area contributed by atoms with Crippen LogP contribution in [0.15, 0.2) is 35.7 Å². The lowest BCUT2D eigenvalue weighted by molar-refractivity contribution is -0.890. The lowest BCUT2D eigenvalue weighted by Crippen LogP contribution is -3.06. The number of carbonyl (C=O) groups excluding carboxylic acids is 1. The third-order valence-electron chi connectivity index (χ3n) is 4.23. The Bertz CT molecular complexity index is 686. The number of likely N-dealkylation sites (N-methyl/N-ethyl adjacent to an activating group) is 1. The standard InChI is InChI=1S/C20H28N2O3S/c1-5-6-11-25-17-10-9-15(13-18(17)24-4)20(23)21-14-16(22(2)3)19-8-7-12-26-19/h7-10,12-13,16H,5-6,11,14H2,1-4H3,(H,21,23)/p+1/t16-/m1/s1. The van der Waals surface area contributed by atoms with Crippen LogP contribution in [0.5, 0.6) is 11.5 Å². The van der Waals surface area contributed by atoms with Gasteiger partial charge in [-0.25, -0.2) is 0 Å². The Labute approximate surface area is 159 Å². The van der Waals surface area contributed by atoms with Crippen LogP contribution < -0.4 is 19.7 Å². The summed E-state index contributed by atoms with van der Waals surface area (Å²) in [5.74, 6) is 1.15. The van der Waals surface area contributed by atoms with Gasteiger partial charge in [0.2, 0.25) is 0 Å². The molecule has 142 valence electrons. The molecule has 2 aromatic rings. The van der Waals surface area contributed by atoms with Crippen molar-refractivity contribution in [1.29, 1.82) is 0 Å². The zero-order valence-corrected chi connectivity index (χ0v) is 16.8. The molecule has 0 spiro atoms. The number of rotatable bonds is 10. The first kappa shape index (κ1) is 20.3. The average molecular weight is 378 g/mol. The first-order valence-corrected chi connectivity index (χ1v) is 9.87. The van der Waals surface area contributed by atoms with Crippen LogP contribution in [0.3, 0.4) is 0 Å². The molecule has 0 saturated heterocycles. The lowest BCUT2D eigenvalue weighted by Gasteiger charge is -2.20. The van der Waals surface area contributed by atoms with Gasteiger partial charge in [-0.1, -0.05) is 19.4 Å². The van der Waals surface area contributed by atoms with E-state index in [1.54, 1.807) is 36.6 Å². The first-order valence-electron chi connectivity index (χ1n) is 8.99. The molecule has 0 unspecified atom stereocenters. The van der Waals surface area contributed by atoms with Crippen molar-refractivity contribution in [3.8, 4) is 11.5 Å². The Morgan fingerprint density at radius 2 is 2.08 bits per heavy atom. The van der Waals surface area contributed by atoms with Gasteiger partial charge in [0.1, 0.15) is 6.04 Å². The Morgan fingerprint density at radius 3 is 2.69 bits per heavy atom. The van der Waals surface area contributed by atoms with Crippen molar-refractivity contribution in [2.24, 2.45) is 0 Å². The van der Waals surface area contributed by atoms with Gasteiger partial charge in [-0.3, -0.25) is 4.79 Å². The van der Waals surface area contributed by atoms with Gasteiger partial charge in [-0.15, -0.1) is 11.3 Å². The summed E-state index contributed by atoms with van der Waals surface area (Å²) in [4.78, 5) is 15.1. The van der Waals surface area contributed by atoms with Gasteiger partial charge in [-0.05, 0) is 36.1 Å². The van der Waals surface area contributed by atoms with Crippen molar-refractivity contribution in [3.05, 3.63) is 46.2 Å². The highest BCUT2D eigenvalue weighted by atomic mass is 32.1. The molecule has 1 amide bonds. The third kappa shape index (κ3) is 5.47. The van der Waals surface area contributed by atoms with Crippen molar-refractivity contribution >= 4 is 17.2 Å². The van der Waals surface area contributed by atoms with Crippen molar-refractivity contribution in [2.45, 2.75) is 25.8 Å². The molecule has 0 radical (unpaired) electrons. The largest absolute Gasteiger partial charge is 0.493 e. The summed E-state index contributed by atoms with van der Waals surface area (Å²) in [6.45, 7) is 3.35. The minimum Gasteiger partial charge on any atom is -0.493 e. The SMILES string of the molecule is CCCCOc1ccc(C(=O)NC[C@H](c2cccs2)[NH+](C)C)cc1OC. The summed E-state index contributed by atoms with van der Waals surface area (Å²) in [5.41, 5.74) is 0.573. The fourth-order valence-corrected chi connectivity index (χ4v) is 3.58. The number of nitrogens with one attached hydrogen (secondary N) is 2. The number of carbonyl (C=O) groups is 1. The minimum atomic E-state index is -0.105. The zero-order chi connectivity index (χ0) is 18.9. The maximum Gasteiger partial charge on any atom is 0.251 e. The normalized spacial score (nSPS) is 12.0. The molecule has 0 aliphatic heterocycles. The van der Waals surface area contributed by atoms with Crippen LogP contribution in [0.4, 0.5) is 0 Å². The zero-order valence-electron chi connectivity index (χ0n) is 16.0. The molecule has 0 saturated carbocycles. The molecule has 0 fully saturated rings. The number of hydrogen-bond donors (Lipinski definition) is 2.